The molecule has 1 spiro atoms. The fourth-order valence-electron chi connectivity index (χ4n) is 3.78. The maximum Gasteiger partial charge on any atom is 0.0399 e. The molecule has 0 amide bonds. The molecule has 0 radical (unpaired) electrons. The first kappa shape index (κ1) is 13.0. The van der Waals surface area contributed by atoms with Crippen LogP contribution in [0.5, 0.6) is 0 Å². The highest BCUT2D eigenvalue weighted by atomic mass is 15.2. The Labute approximate surface area is 117 Å². The van der Waals surface area contributed by atoms with Gasteiger partial charge < -0.3 is 10.2 Å². The van der Waals surface area contributed by atoms with Gasteiger partial charge in [0.05, 0.1) is 0 Å². The lowest BCUT2D eigenvalue weighted by atomic mass is 9.96. The number of nitrogens with zero attached hydrogens (tertiary/aromatic N) is 1. The second kappa shape index (κ2) is 5.16. The topological polar surface area (TPSA) is 15.3 Å². The zero-order valence-corrected chi connectivity index (χ0v) is 12.3. The van der Waals surface area contributed by atoms with Gasteiger partial charge in [0.2, 0.25) is 0 Å². The molecule has 1 heterocycles. The fourth-order valence-corrected chi connectivity index (χ4v) is 3.78. The number of hydrogen-bond acceptors (Lipinski definition) is 2. The standard InChI is InChI=1S/C17H26N2/c1-14-6-7-15(2)16(12-14)19-11-5-10-18-17(13-19)8-3-4-9-17/h6-7,12,18H,3-5,8-11,13H2,1-2H3. The average molecular weight is 258 g/mol. The summed E-state index contributed by atoms with van der Waals surface area (Å²) < 4.78 is 0. The molecule has 1 aliphatic carbocycles. The molecule has 0 unspecified atom stereocenters. The number of benzene rings is 1. The van der Waals surface area contributed by atoms with Gasteiger partial charge in [0.15, 0.2) is 0 Å². The third-order valence-electron chi connectivity index (χ3n) is 4.86. The van der Waals surface area contributed by atoms with Crippen LogP contribution in [0.4, 0.5) is 5.69 Å². The van der Waals surface area contributed by atoms with Crippen LogP contribution in [0, 0.1) is 13.8 Å². The van der Waals surface area contributed by atoms with Gasteiger partial charge in [0, 0.05) is 24.3 Å². The average Bonchev–Trinajstić information content (AvgIpc) is 2.74. The van der Waals surface area contributed by atoms with E-state index in [1.54, 1.807) is 0 Å². The normalized spacial score (nSPS) is 22.7. The van der Waals surface area contributed by atoms with Gasteiger partial charge in [-0.05, 0) is 56.8 Å². The molecule has 3 rings (SSSR count). The van der Waals surface area contributed by atoms with Crippen molar-refractivity contribution in [2.24, 2.45) is 0 Å². The lowest BCUT2D eigenvalue weighted by molar-refractivity contribution is 0.354. The van der Waals surface area contributed by atoms with Gasteiger partial charge >= 0.3 is 0 Å². The van der Waals surface area contributed by atoms with Crippen molar-refractivity contribution in [2.75, 3.05) is 24.5 Å². The van der Waals surface area contributed by atoms with Crippen molar-refractivity contribution >= 4 is 5.69 Å². The van der Waals surface area contributed by atoms with Crippen LogP contribution >= 0.6 is 0 Å². The lowest BCUT2D eigenvalue weighted by Crippen LogP contribution is -2.49. The van der Waals surface area contributed by atoms with Crippen molar-refractivity contribution in [3.05, 3.63) is 29.3 Å². The van der Waals surface area contributed by atoms with E-state index in [1.165, 1.54) is 68.6 Å². The minimum absolute atomic E-state index is 0.396. The van der Waals surface area contributed by atoms with Crippen molar-refractivity contribution in [3.63, 3.8) is 0 Å². The molecule has 2 aliphatic rings. The maximum absolute atomic E-state index is 3.85. The number of hydrogen-bond donors (Lipinski definition) is 1. The van der Waals surface area contributed by atoms with E-state index in [9.17, 15) is 0 Å². The molecule has 1 aliphatic heterocycles. The van der Waals surface area contributed by atoms with E-state index in [4.69, 9.17) is 0 Å². The molecule has 2 nitrogen and oxygen atoms in total. The fraction of sp³-hybridized carbons (Fsp3) is 0.647. The largest absolute Gasteiger partial charge is 0.369 e. The zero-order valence-electron chi connectivity index (χ0n) is 12.3. The molecule has 2 fully saturated rings. The number of aryl methyl sites for hydroxylation is 2. The van der Waals surface area contributed by atoms with Gasteiger partial charge in [-0.3, -0.25) is 0 Å². The molecular formula is C17H26N2. The summed E-state index contributed by atoms with van der Waals surface area (Å²) in [6.07, 6.45) is 6.76. The Morgan fingerprint density at radius 2 is 1.89 bits per heavy atom. The second-order valence-corrected chi connectivity index (χ2v) is 6.48. The Hall–Kier alpha value is -1.02. The van der Waals surface area contributed by atoms with E-state index in [-0.39, 0.29) is 0 Å². The Morgan fingerprint density at radius 1 is 1.11 bits per heavy atom. The minimum atomic E-state index is 0.396. The van der Waals surface area contributed by atoms with Gasteiger partial charge in [-0.1, -0.05) is 25.0 Å². The molecule has 19 heavy (non-hydrogen) atoms. The van der Waals surface area contributed by atoms with E-state index in [1.807, 2.05) is 0 Å². The molecule has 1 aromatic rings. The van der Waals surface area contributed by atoms with Crippen LogP contribution in [-0.4, -0.2) is 25.2 Å². The number of nitrogens with one attached hydrogen (secondary N) is 1. The minimum Gasteiger partial charge on any atom is -0.369 e. The van der Waals surface area contributed by atoms with E-state index >= 15 is 0 Å². The van der Waals surface area contributed by atoms with E-state index in [0.717, 1.165) is 0 Å². The SMILES string of the molecule is Cc1ccc(C)c(N2CCCNC3(CCCC3)C2)c1. The van der Waals surface area contributed by atoms with Crippen LogP contribution in [0.25, 0.3) is 0 Å². The van der Waals surface area contributed by atoms with Crippen LogP contribution in [0.3, 0.4) is 0 Å². The Balaban J connectivity index is 1.88. The summed E-state index contributed by atoms with van der Waals surface area (Å²) in [5.74, 6) is 0. The summed E-state index contributed by atoms with van der Waals surface area (Å²) in [5, 5.41) is 3.85. The lowest BCUT2D eigenvalue weighted by Gasteiger charge is -2.35. The molecule has 0 bridgehead atoms. The summed E-state index contributed by atoms with van der Waals surface area (Å²) in [6, 6.07) is 6.86. The number of rotatable bonds is 1. The Morgan fingerprint density at radius 3 is 2.68 bits per heavy atom. The summed E-state index contributed by atoms with van der Waals surface area (Å²) in [5.41, 5.74) is 4.64. The quantitative estimate of drug-likeness (QED) is 0.830. The van der Waals surface area contributed by atoms with E-state index in [2.05, 4.69) is 42.3 Å². The van der Waals surface area contributed by atoms with Gasteiger partial charge in [0.25, 0.3) is 0 Å². The van der Waals surface area contributed by atoms with Crippen LogP contribution < -0.4 is 10.2 Å². The molecule has 1 saturated heterocycles. The van der Waals surface area contributed by atoms with Gasteiger partial charge in [0.1, 0.15) is 0 Å². The van der Waals surface area contributed by atoms with Crippen molar-refractivity contribution in [3.8, 4) is 0 Å². The Bertz CT molecular complexity index is 447. The summed E-state index contributed by atoms with van der Waals surface area (Å²) in [4.78, 5) is 2.63. The number of anilines is 1. The maximum atomic E-state index is 3.85. The van der Waals surface area contributed by atoms with Crippen LogP contribution in [0.2, 0.25) is 0 Å². The third-order valence-corrected chi connectivity index (χ3v) is 4.86. The van der Waals surface area contributed by atoms with E-state index < -0.39 is 0 Å². The van der Waals surface area contributed by atoms with Crippen molar-refractivity contribution in [1.82, 2.24) is 5.32 Å². The highest BCUT2D eigenvalue weighted by molar-refractivity contribution is 5.55. The van der Waals surface area contributed by atoms with Crippen LogP contribution in [0.15, 0.2) is 18.2 Å². The molecule has 1 aromatic carbocycles. The highest BCUT2D eigenvalue weighted by Crippen LogP contribution is 2.34. The van der Waals surface area contributed by atoms with Crippen LogP contribution in [-0.2, 0) is 0 Å². The zero-order chi connectivity index (χ0) is 13.3. The molecule has 104 valence electrons. The molecule has 1 N–H and O–H groups in total. The van der Waals surface area contributed by atoms with Crippen LogP contribution in [0.1, 0.15) is 43.2 Å². The third kappa shape index (κ3) is 2.64. The molecular weight excluding hydrogens is 232 g/mol. The molecule has 0 aromatic heterocycles. The van der Waals surface area contributed by atoms with Gasteiger partial charge in [-0.25, -0.2) is 0 Å². The molecule has 0 atom stereocenters. The van der Waals surface area contributed by atoms with Gasteiger partial charge in [-0.2, -0.15) is 0 Å². The summed E-state index contributed by atoms with van der Waals surface area (Å²) in [6.45, 7) is 8.01. The second-order valence-electron chi connectivity index (χ2n) is 6.48. The first-order valence-electron chi connectivity index (χ1n) is 7.76. The van der Waals surface area contributed by atoms with Crippen molar-refractivity contribution in [2.45, 2.75) is 51.5 Å². The van der Waals surface area contributed by atoms with Crippen molar-refractivity contribution in [1.29, 1.82) is 0 Å². The predicted octanol–water partition coefficient (Wildman–Crippen LogP) is 3.42. The smallest absolute Gasteiger partial charge is 0.0399 e. The molecule has 2 heteroatoms. The van der Waals surface area contributed by atoms with E-state index in [0.29, 0.717) is 5.54 Å². The molecule has 1 saturated carbocycles. The summed E-state index contributed by atoms with van der Waals surface area (Å²) >= 11 is 0. The first-order chi connectivity index (χ1) is 9.19. The van der Waals surface area contributed by atoms with Crippen molar-refractivity contribution < 1.29 is 0 Å². The monoisotopic (exact) mass is 258 g/mol. The Kier molecular flexibility index (Phi) is 3.53. The van der Waals surface area contributed by atoms with Gasteiger partial charge in [-0.15, -0.1) is 0 Å². The first-order valence-corrected chi connectivity index (χ1v) is 7.76. The predicted molar refractivity (Wildman–Crippen MR) is 81.9 cm³/mol. The highest BCUT2D eigenvalue weighted by Gasteiger charge is 2.36. The summed E-state index contributed by atoms with van der Waals surface area (Å²) in [7, 11) is 0.